The monoisotopic (exact) mass is 327 g/mol. The highest BCUT2D eigenvalue weighted by Crippen LogP contribution is 2.20. The summed E-state index contributed by atoms with van der Waals surface area (Å²) in [5, 5.41) is 16.9. The van der Waals surface area contributed by atoms with Gasteiger partial charge >= 0.3 is 0 Å². The van der Waals surface area contributed by atoms with E-state index in [2.05, 4.69) is 30.7 Å². The lowest BCUT2D eigenvalue weighted by Gasteiger charge is -2.13. The standard InChI is InChI=1S/C15H17N7O2/c1-8(13(23)17-7-6-11-18-15(16)22-19-11)12-9-4-2-3-5-10(9)14(24)21-20-12/h2-5,8H,6-7H2,1H3,(H,17,23)(H,21,24)(H3,16,18,19,22)/t8-/m1/s1. The summed E-state index contributed by atoms with van der Waals surface area (Å²) < 4.78 is 0. The third kappa shape index (κ3) is 3.09. The number of carbonyl (C=O) groups excluding carboxylic acids is 1. The molecule has 9 nitrogen and oxygen atoms in total. The average molecular weight is 327 g/mol. The first-order valence-electron chi connectivity index (χ1n) is 7.48. The van der Waals surface area contributed by atoms with Crippen LogP contribution in [0.4, 0.5) is 5.95 Å². The van der Waals surface area contributed by atoms with Gasteiger partial charge in [0.1, 0.15) is 5.82 Å². The highest BCUT2D eigenvalue weighted by Gasteiger charge is 2.20. The maximum atomic E-state index is 12.4. The molecule has 0 aliphatic heterocycles. The van der Waals surface area contributed by atoms with E-state index in [1.807, 2.05) is 6.07 Å². The van der Waals surface area contributed by atoms with Gasteiger partial charge < -0.3 is 11.1 Å². The number of aromatic nitrogens is 5. The van der Waals surface area contributed by atoms with Crippen LogP contribution in [0, 0.1) is 0 Å². The van der Waals surface area contributed by atoms with Crippen molar-refractivity contribution in [3.8, 4) is 0 Å². The van der Waals surface area contributed by atoms with Crippen LogP contribution in [0.25, 0.3) is 10.8 Å². The number of H-pyrrole nitrogens is 2. The van der Waals surface area contributed by atoms with Crippen molar-refractivity contribution in [3.05, 3.63) is 46.1 Å². The molecule has 1 aromatic carbocycles. The third-order valence-corrected chi connectivity index (χ3v) is 3.74. The SMILES string of the molecule is C[C@@H](C(=O)NCCc1nc(N)n[nH]1)c1n[nH]c(=O)c2ccccc12. The van der Waals surface area contributed by atoms with Crippen LogP contribution in [-0.4, -0.2) is 37.8 Å². The molecule has 24 heavy (non-hydrogen) atoms. The smallest absolute Gasteiger partial charge is 0.272 e. The molecule has 3 aromatic rings. The molecule has 0 unspecified atom stereocenters. The highest BCUT2D eigenvalue weighted by molar-refractivity contribution is 5.90. The molecule has 0 aliphatic carbocycles. The second kappa shape index (κ2) is 6.49. The second-order valence-corrected chi connectivity index (χ2v) is 5.39. The number of amides is 1. The fraction of sp³-hybridized carbons (Fsp3) is 0.267. The Morgan fingerprint density at radius 1 is 1.25 bits per heavy atom. The molecule has 2 heterocycles. The fourth-order valence-corrected chi connectivity index (χ4v) is 2.47. The van der Waals surface area contributed by atoms with Crippen LogP contribution in [0.2, 0.25) is 0 Å². The molecular formula is C15H17N7O2. The van der Waals surface area contributed by atoms with Crippen molar-refractivity contribution >= 4 is 22.6 Å². The van der Waals surface area contributed by atoms with Crippen molar-refractivity contribution in [2.75, 3.05) is 12.3 Å². The van der Waals surface area contributed by atoms with Crippen LogP contribution in [0.3, 0.4) is 0 Å². The number of nitrogens with one attached hydrogen (secondary N) is 3. The van der Waals surface area contributed by atoms with Crippen LogP contribution >= 0.6 is 0 Å². The van der Waals surface area contributed by atoms with Gasteiger partial charge in [-0.25, -0.2) is 5.10 Å². The predicted molar refractivity (Wildman–Crippen MR) is 88.3 cm³/mol. The van der Waals surface area contributed by atoms with Crippen LogP contribution in [0.15, 0.2) is 29.1 Å². The van der Waals surface area contributed by atoms with E-state index in [-0.39, 0.29) is 17.4 Å². The first-order chi connectivity index (χ1) is 11.6. The average Bonchev–Trinajstić information content (AvgIpc) is 3.00. The number of aromatic amines is 2. The van der Waals surface area contributed by atoms with E-state index < -0.39 is 5.92 Å². The topological polar surface area (TPSA) is 142 Å². The van der Waals surface area contributed by atoms with Crippen LogP contribution < -0.4 is 16.6 Å². The molecule has 124 valence electrons. The van der Waals surface area contributed by atoms with E-state index in [1.54, 1.807) is 25.1 Å². The number of nitrogens with two attached hydrogens (primary N) is 1. The van der Waals surface area contributed by atoms with Crippen molar-refractivity contribution < 1.29 is 4.79 Å². The maximum Gasteiger partial charge on any atom is 0.272 e. The molecule has 0 bridgehead atoms. The second-order valence-electron chi connectivity index (χ2n) is 5.39. The molecule has 0 aliphatic rings. The third-order valence-electron chi connectivity index (χ3n) is 3.74. The first-order valence-corrected chi connectivity index (χ1v) is 7.48. The maximum absolute atomic E-state index is 12.4. The summed E-state index contributed by atoms with van der Waals surface area (Å²) in [7, 11) is 0. The lowest BCUT2D eigenvalue weighted by atomic mass is 10.0. The number of hydrogen-bond donors (Lipinski definition) is 4. The number of rotatable bonds is 5. The normalized spacial score (nSPS) is 12.2. The van der Waals surface area contributed by atoms with Gasteiger partial charge in [-0.05, 0) is 13.0 Å². The fourth-order valence-electron chi connectivity index (χ4n) is 2.47. The quantitative estimate of drug-likeness (QED) is 0.523. The number of fused-ring (bicyclic) bond motifs is 1. The molecule has 0 saturated heterocycles. The van der Waals surface area contributed by atoms with E-state index in [4.69, 9.17) is 5.73 Å². The first kappa shape index (κ1) is 15.7. The van der Waals surface area contributed by atoms with Crippen LogP contribution in [-0.2, 0) is 11.2 Å². The Morgan fingerprint density at radius 2 is 2.00 bits per heavy atom. The van der Waals surface area contributed by atoms with E-state index in [0.717, 1.165) is 0 Å². The molecule has 9 heteroatoms. The molecular weight excluding hydrogens is 310 g/mol. The minimum atomic E-state index is -0.508. The van der Waals surface area contributed by atoms with Gasteiger partial charge in [0.15, 0.2) is 0 Å². The number of anilines is 1. The zero-order valence-electron chi connectivity index (χ0n) is 13.0. The molecule has 0 spiro atoms. The molecule has 3 rings (SSSR count). The number of hydrogen-bond acceptors (Lipinski definition) is 6. The Labute approximate surface area is 136 Å². The number of nitrogens with zero attached hydrogens (tertiary/aromatic N) is 3. The summed E-state index contributed by atoms with van der Waals surface area (Å²) in [6.45, 7) is 2.13. The van der Waals surface area contributed by atoms with Gasteiger partial charge in [-0.3, -0.25) is 14.7 Å². The predicted octanol–water partition coefficient (Wildman–Crippen LogP) is 0.0858. The molecule has 0 fully saturated rings. The van der Waals surface area contributed by atoms with E-state index in [1.165, 1.54) is 0 Å². The van der Waals surface area contributed by atoms with Gasteiger partial charge in [-0.15, -0.1) is 5.10 Å². The van der Waals surface area contributed by atoms with Crippen molar-refractivity contribution in [1.82, 2.24) is 30.7 Å². The van der Waals surface area contributed by atoms with Gasteiger partial charge in [0.2, 0.25) is 11.9 Å². The number of carbonyl (C=O) groups is 1. The van der Waals surface area contributed by atoms with Gasteiger partial charge in [-0.2, -0.15) is 10.1 Å². The minimum absolute atomic E-state index is 0.175. The molecule has 1 amide bonds. The lowest BCUT2D eigenvalue weighted by molar-refractivity contribution is -0.122. The minimum Gasteiger partial charge on any atom is -0.367 e. The number of benzene rings is 1. The highest BCUT2D eigenvalue weighted by atomic mass is 16.2. The summed E-state index contributed by atoms with van der Waals surface area (Å²) in [6, 6.07) is 7.08. The summed E-state index contributed by atoms with van der Waals surface area (Å²) in [5.41, 5.74) is 5.68. The molecule has 0 radical (unpaired) electrons. The van der Waals surface area contributed by atoms with E-state index >= 15 is 0 Å². The Kier molecular flexibility index (Phi) is 4.23. The van der Waals surface area contributed by atoms with Crippen LogP contribution in [0.5, 0.6) is 0 Å². The van der Waals surface area contributed by atoms with Gasteiger partial charge in [-0.1, -0.05) is 18.2 Å². The van der Waals surface area contributed by atoms with E-state index in [9.17, 15) is 9.59 Å². The van der Waals surface area contributed by atoms with Crippen LogP contribution in [0.1, 0.15) is 24.4 Å². The Hall–Kier alpha value is -3.23. The Balaban J connectivity index is 1.72. The van der Waals surface area contributed by atoms with Crippen molar-refractivity contribution in [1.29, 1.82) is 0 Å². The summed E-state index contributed by atoms with van der Waals surface area (Å²) in [6.07, 6.45) is 0.489. The molecule has 2 aromatic heterocycles. The summed E-state index contributed by atoms with van der Waals surface area (Å²) in [5.74, 6) is 0.0837. The molecule has 1 atom stereocenters. The molecule has 5 N–H and O–H groups in total. The molecule has 0 saturated carbocycles. The van der Waals surface area contributed by atoms with Gasteiger partial charge in [0.25, 0.3) is 5.56 Å². The lowest BCUT2D eigenvalue weighted by Crippen LogP contribution is -2.31. The van der Waals surface area contributed by atoms with Crippen molar-refractivity contribution in [2.24, 2.45) is 0 Å². The summed E-state index contributed by atoms with van der Waals surface area (Å²) >= 11 is 0. The largest absolute Gasteiger partial charge is 0.367 e. The Morgan fingerprint density at radius 3 is 2.71 bits per heavy atom. The Bertz CT molecular complexity index is 931. The van der Waals surface area contributed by atoms with E-state index in [0.29, 0.717) is 35.3 Å². The van der Waals surface area contributed by atoms with Crippen molar-refractivity contribution in [2.45, 2.75) is 19.3 Å². The van der Waals surface area contributed by atoms with Gasteiger partial charge in [0.05, 0.1) is 17.0 Å². The summed E-state index contributed by atoms with van der Waals surface area (Å²) in [4.78, 5) is 28.1. The van der Waals surface area contributed by atoms with Gasteiger partial charge in [0, 0.05) is 18.4 Å². The zero-order valence-corrected chi connectivity index (χ0v) is 13.0. The zero-order chi connectivity index (χ0) is 17.1. The van der Waals surface area contributed by atoms with Crippen molar-refractivity contribution in [3.63, 3.8) is 0 Å². The number of nitrogen functional groups attached to an aromatic ring is 1.